The number of aromatic nitrogens is 1. The second-order valence-electron chi connectivity index (χ2n) is 12.4. The highest BCUT2D eigenvalue weighted by atomic mass is 32.1. The normalized spacial score (nSPS) is 25.9. The number of piperidine rings is 1. The maximum Gasteiger partial charge on any atom is 0.310 e. The van der Waals surface area contributed by atoms with E-state index in [4.69, 9.17) is 14.5 Å². The molecule has 0 bridgehead atoms. The lowest BCUT2D eigenvalue weighted by Crippen LogP contribution is -2.37. The van der Waals surface area contributed by atoms with E-state index in [1.54, 1.807) is 11.3 Å². The van der Waals surface area contributed by atoms with Crippen LogP contribution in [0.5, 0.6) is 5.75 Å². The van der Waals surface area contributed by atoms with E-state index < -0.39 is 11.4 Å². The Hall–Kier alpha value is -2.94. The number of carboxylic acid groups (broad SMARTS) is 1. The van der Waals surface area contributed by atoms with E-state index in [0.29, 0.717) is 19.1 Å². The van der Waals surface area contributed by atoms with Gasteiger partial charge in [0.05, 0.1) is 17.7 Å². The number of hydrogen-bond acceptors (Lipinski definition) is 7. The molecule has 1 aliphatic carbocycles. The van der Waals surface area contributed by atoms with Gasteiger partial charge < -0.3 is 19.5 Å². The molecule has 3 atom stereocenters. The van der Waals surface area contributed by atoms with Crippen molar-refractivity contribution in [3.63, 3.8) is 0 Å². The lowest BCUT2D eigenvalue weighted by Gasteiger charge is -2.29. The monoisotopic (exact) mass is 573 g/mol. The van der Waals surface area contributed by atoms with Gasteiger partial charge in [-0.3, -0.25) is 9.69 Å². The standard InChI is InChI=1S/C33H39N3O4S/c1-21-3-6-30(28(15-21)29-20-41-32(34-29)36-13-10-33(31(37)38)16-25(33)17-36)40-18-24-5-4-23-7-11-35(26-9-14-39-19-26)12-8-27(23)22(24)2/h3-6,15,20,25-26H,7-14,16-19H2,1-2H3,(H,37,38)/t25-,26?,33+/m0/s1. The van der Waals surface area contributed by atoms with Crippen molar-refractivity contribution in [2.45, 2.75) is 58.6 Å². The van der Waals surface area contributed by atoms with Crippen molar-refractivity contribution in [2.75, 3.05) is 44.3 Å². The number of ether oxygens (including phenoxy) is 2. The maximum absolute atomic E-state index is 11.7. The summed E-state index contributed by atoms with van der Waals surface area (Å²) in [6, 6.07) is 11.5. The van der Waals surface area contributed by atoms with Gasteiger partial charge in [-0.1, -0.05) is 23.8 Å². The minimum Gasteiger partial charge on any atom is -0.488 e. The van der Waals surface area contributed by atoms with Crippen molar-refractivity contribution >= 4 is 22.4 Å². The fourth-order valence-corrected chi connectivity index (χ4v) is 8.09. The number of hydrogen-bond donors (Lipinski definition) is 1. The zero-order chi connectivity index (χ0) is 28.1. The summed E-state index contributed by atoms with van der Waals surface area (Å²) >= 11 is 1.64. The van der Waals surface area contributed by atoms with Gasteiger partial charge in [-0.05, 0) is 86.3 Å². The van der Waals surface area contributed by atoms with Gasteiger partial charge in [0, 0.05) is 49.8 Å². The second-order valence-corrected chi connectivity index (χ2v) is 13.2. The molecule has 1 unspecified atom stereocenters. The van der Waals surface area contributed by atoms with E-state index in [-0.39, 0.29) is 5.92 Å². The molecule has 0 radical (unpaired) electrons. The molecule has 2 saturated heterocycles. The zero-order valence-corrected chi connectivity index (χ0v) is 24.8. The Morgan fingerprint density at radius 3 is 2.88 bits per heavy atom. The van der Waals surface area contributed by atoms with E-state index in [1.165, 1.54) is 27.8 Å². The summed E-state index contributed by atoms with van der Waals surface area (Å²) in [7, 11) is 0. The Bertz CT molecular complexity index is 1460. The van der Waals surface area contributed by atoms with Crippen LogP contribution in [-0.4, -0.2) is 66.4 Å². The highest BCUT2D eigenvalue weighted by Gasteiger charge is 2.62. The number of thiazole rings is 1. The summed E-state index contributed by atoms with van der Waals surface area (Å²) in [6.45, 7) is 10.4. The van der Waals surface area contributed by atoms with Crippen LogP contribution in [0.1, 0.15) is 47.1 Å². The van der Waals surface area contributed by atoms with Crippen LogP contribution in [0.15, 0.2) is 35.7 Å². The molecule has 41 heavy (non-hydrogen) atoms. The number of carboxylic acids is 1. The molecule has 3 fully saturated rings. The summed E-state index contributed by atoms with van der Waals surface area (Å²) < 4.78 is 12.2. The smallest absolute Gasteiger partial charge is 0.310 e. The molecule has 7 nitrogen and oxygen atoms in total. The minimum atomic E-state index is -0.630. The Morgan fingerprint density at radius 2 is 2.07 bits per heavy atom. The lowest BCUT2D eigenvalue weighted by atomic mass is 9.94. The first-order chi connectivity index (χ1) is 19.9. The zero-order valence-electron chi connectivity index (χ0n) is 24.0. The maximum atomic E-state index is 11.7. The van der Waals surface area contributed by atoms with Gasteiger partial charge >= 0.3 is 5.97 Å². The van der Waals surface area contributed by atoms with Crippen LogP contribution in [-0.2, 0) is 29.0 Å². The summed E-state index contributed by atoms with van der Waals surface area (Å²) in [5, 5.41) is 12.7. The van der Waals surface area contributed by atoms with E-state index in [2.05, 4.69) is 59.4 Å². The van der Waals surface area contributed by atoms with Crippen molar-refractivity contribution in [2.24, 2.45) is 11.3 Å². The van der Waals surface area contributed by atoms with Crippen molar-refractivity contribution in [1.82, 2.24) is 9.88 Å². The van der Waals surface area contributed by atoms with Crippen LogP contribution in [0.25, 0.3) is 11.3 Å². The molecular formula is C33H39N3O4S. The van der Waals surface area contributed by atoms with Gasteiger partial charge in [-0.15, -0.1) is 11.3 Å². The molecule has 7 rings (SSSR count). The number of nitrogens with zero attached hydrogens (tertiary/aromatic N) is 3. The molecule has 0 amide bonds. The van der Waals surface area contributed by atoms with Crippen LogP contribution >= 0.6 is 11.3 Å². The van der Waals surface area contributed by atoms with Crippen molar-refractivity contribution in [3.05, 3.63) is 63.5 Å². The third-order valence-electron chi connectivity index (χ3n) is 10.0. The highest BCUT2D eigenvalue weighted by molar-refractivity contribution is 7.14. The first-order valence-corrected chi connectivity index (χ1v) is 15.9. The van der Waals surface area contributed by atoms with Gasteiger partial charge in [0.25, 0.3) is 0 Å². The predicted octanol–water partition coefficient (Wildman–Crippen LogP) is 5.50. The van der Waals surface area contributed by atoms with E-state index in [9.17, 15) is 9.90 Å². The van der Waals surface area contributed by atoms with E-state index in [0.717, 1.165) is 87.2 Å². The Morgan fingerprint density at radius 1 is 1.20 bits per heavy atom. The molecule has 4 heterocycles. The number of carbonyl (C=O) groups is 1. The molecule has 8 heteroatoms. The number of anilines is 1. The highest BCUT2D eigenvalue weighted by Crippen LogP contribution is 2.58. The number of benzene rings is 2. The SMILES string of the molecule is Cc1ccc(OCc2ccc3c(c2C)CCN(C2CCOC2)CC3)c(-c2csc(N3CC[C@@]4(C(=O)O)C[C@H]4C3)n2)c1. The van der Waals surface area contributed by atoms with Crippen molar-refractivity contribution in [3.8, 4) is 17.0 Å². The van der Waals surface area contributed by atoms with E-state index in [1.807, 2.05) is 0 Å². The minimum absolute atomic E-state index is 0.239. The predicted molar refractivity (Wildman–Crippen MR) is 161 cm³/mol. The molecule has 1 N–H and O–H groups in total. The Balaban J connectivity index is 1.06. The molecule has 1 aromatic heterocycles. The average Bonchev–Trinajstić information content (AvgIpc) is 3.25. The van der Waals surface area contributed by atoms with Crippen LogP contribution in [0, 0.1) is 25.2 Å². The quantitative estimate of drug-likeness (QED) is 0.400. The number of rotatable bonds is 7. The molecule has 0 spiro atoms. The fourth-order valence-electron chi connectivity index (χ4n) is 7.23. The molecule has 4 aliphatic rings. The average molecular weight is 574 g/mol. The third kappa shape index (κ3) is 5.04. The fraction of sp³-hybridized carbons (Fsp3) is 0.515. The molecule has 216 valence electrons. The Kier molecular flexibility index (Phi) is 7.04. The lowest BCUT2D eigenvalue weighted by molar-refractivity contribution is -0.144. The molecule has 2 aromatic carbocycles. The van der Waals surface area contributed by atoms with E-state index >= 15 is 0 Å². The number of aryl methyl sites for hydroxylation is 1. The first kappa shape index (κ1) is 26.9. The molecule has 1 saturated carbocycles. The second kappa shape index (κ2) is 10.7. The van der Waals surface area contributed by atoms with Crippen LogP contribution < -0.4 is 9.64 Å². The Labute approximate surface area is 246 Å². The molecular weight excluding hydrogens is 534 g/mol. The van der Waals surface area contributed by atoms with Crippen LogP contribution in [0.4, 0.5) is 5.13 Å². The van der Waals surface area contributed by atoms with Gasteiger partial charge in [-0.2, -0.15) is 0 Å². The van der Waals surface area contributed by atoms with Gasteiger partial charge in [0.1, 0.15) is 12.4 Å². The van der Waals surface area contributed by atoms with Gasteiger partial charge in [0.15, 0.2) is 5.13 Å². The summed E-state index contributed by atoms with van der Waals surface area (Å²) in [5.41, 5.74) is 8.19. The summed E-state index contributed by atoms with van der Waals surface area (Å²) in [4.78, 5) is 21.6. The number of aliphatic carboxylic acids is 1. The third-order valence-corrected chi connectivity index (χ3v) is 10.9. The van der Waals surface area contributed by atoms with Crippen LogP contribution in [0.2, 0.25) is 0 Å². The van der Waals surface area contributed by atoms with Crippen molar-refractivity contribution < 1.29 is 19.4 Å². The van der Waals surface area contributed by atoms with Gasteiger partial charge in [0.2, 0.25) is 0 Å². The number of fused-ring (bicyclic) bond motifs is 2. The summed E-state index contributed by atoms with van der Waals surface area (Å²) in [5.74, 6) is 0.456. The molecule has 3 aromatic rings. The van der Waals surface area contributed by atoms with Gasteiger partial charge in [-0.25, -0.2) is 4.98 Å². The topological polar surface area (TPSA) is 75.1 Å². The first-order valence-electron chi connectivity index (χ1n) is 15.0. The van der Waals surface area contributed by atoms with Crippen molar-refractivity contribution in [1.29, 1.82) is 0 Å². The largest absolute Gasteiger partial charge is 0.488 e. The van der Waals surface area contributed by atoms with Crippen LogP contribution in [0.3, 0.4) is 0 Å². The summed E-state index contributed by atoms with van der Waals surface area (Å²) in [6.07, 6.45) is 4.82. The molecule has 3 aliphatic heterocycles.